The second-order valence-corrected chi connectivity index (χ2v) is 15.4. The van der Waals surface area contributed by atoms with Gasteiger partial charge < -0.3 is 0 Å². The summed E-state index contributed by atoms with van der Waals surface area (Å²) in [7, 11) is 0. The molecule has 0 amide bonds. The third-order valence-electron chi connectivity index (χ3n) is 10.1. The summed E-state index contributed by atoms with van der Waals surface area (Å²) in [5.74, 6) is 0.705. The third kappa shape index (κ3) is 8.75. The van der Waals surface area contributed by atoms with Gasteiger partial charge in [0.05, 0.1) is 12.0 Å². The molecule has 0 aliphatic heterocycles. The van der Waals surface area contributed by atoms with Gasteiger partial charge >= 0.3 is 0 Å². The highest BCUT2D eigenvalue weighted by molar-refractivity contribution is 5.02. The van der Waals surface area contributed by atoms with Crippen molar-refractivity contribution < 1.29 is 0 Å². The van der Waals surface area contributed by atoms with Crippen LogP contribution in [0.5, 0.6) is 0 Å². The molecule has 0 aromatic rings. The first kappa shape index (κ1) is 32.2. The number of nitriles is 1. The Morgan fingerprint density at radius 3 is 1.55 bits per heavy atom. The first-order valence-corrected chi connectivity index (χ1v) is 13.6. The van der Waals surface area contributed by atoms with E-state index in [1.807, 2.05) is 0 Å². The highest BCUT2D eigenvalue weighted by Crippen LogP contribution is 2.56. The average molecular weight is 460 g/mol. The number of hydrogen-bond donors (Lipinski definition) is 0. The van der Waals surface area contributed by atoms with Gasteiger partial charge in [-0.1, -0.05) is 122 Å². The lowest BCUT2D eigenvalue weighted by molar-refractivity contribution is -0.0309. The van der Waals surface area contributed by atoms with Crippen LogP contribution in [-0.4, -0.2) is 0 Å². The summed E-state index contributed by atoms with van der Waals surface area (Å²) in [4.78, 5) is 0. The fourth-order valence-corrected chi connectivity index (χ4v) is 4.96. The summed E-state index contributed by atoms with van der Waals surface area (Å²) in [6.45, 7) is 35.7. The van der Waals surface area contributed by atoms with E-state index in [1.165, 1.54) is 12.8 Å². The molecule has 0 fully saturated rings. The summed E-state index contributed by atoms with van der Waals surface area (Å²) in [5.41, 5.74) is 1.11. The maximum absolute atomic E-state index is 10.0. The minimum Gasteiger partial charge on any atom is -0.198 e. The zero-order chi connectivity index (χ0) is 26.5. The molecule has 0 aliphatic rings. The van der Waals surface area contributed by atoms with Gasteiger partial charge in [-0.15, -0.1) is 0 Å². The van der Waals surface area contributed by atoms with Crippen LogP contribution in [0.2, 0.25) is 0 Å². The van der Waals surface area contributed by atoms with E-state index in [9.17, 15) is 5.26 Å². The number of allylic oxidation sites excluding steroid dienone is 2. The zero-order valence-corrected chi connectivity index (χ0v) is 25.5. The van der Waals surface area contributed by atoms with E-state index in [0.717, 1.165) is 25.7 Å². The van der Waals surface area contributed by atoms with Crippen LogP contribution >= 0.6 is 0 Å². The summed E-state index contributed by atoms with van der Waals surface area (Å²) >= 11 is 0. The first-order chi connectivity index (χ1) is 14.6. The molecule has 0 aromatic heterocycles. The van der Waals surface area contributed by atoms with E-state index in [4.69, 9.17) is 0 Å². The van der Waals surface area contributed by atoms with Crippen LogP contribution < -0.4 is 0 Å². The minimum absolute atomic E-state index is 0.0600. The average Bonchev–Trinajstić information content (AvgIpc) is 2.66. The quantitative estimate of drug-likeness (QED) is 0.251. The Morgan fingerprint density at radius 1 is 0.667 bits per heavy atom. The van der Waals surface area contributed by atoms with Crippen molar-refractivity contribution in [3.05, 3.63) is 12.2 Å². The smallest absolute Gasteiger partial charge is 0.0661 e. The van der Waals surface area contributed by atoms with Gasteiger partial charge in [-0.3, -0.25) is 0 Å². The van der Waals surface area contributed by atoms with Crippen molar-refractivity contribution in [1.29, 1.82) is 5.26 Å². The molecule has 33 heavy (non-hydrogen) atoms. The van der Waals surface area contributed by atoms with Crippen LogP contribution in [0, 0.1) is 55.7 Å². The molecule has 0 N–H and O–H groups in total. The maximum Gasteiger partial charge on any atom is 0.0661 e. The molecule has 194 valence electrons. The summed E-state index contributed by atoms with van der Waals surface area (Å²) in [5, 5.41) is 10.0. The first-order valence-electron chi connectivity index (χ1n) is 13.6. The van der Waals surface area contributed by atoms with Crippen LogP contribution in [0.4, 0.5) is 0 Å². The Hall–Kier alpha value is -0.770. The van der Waals surface area contributed by atoms with Gasteiger partial charge in [0.15, 0.2) is 0 Å². The number of nitrogens with zero attached hydrogens (tertiary/aromatic N) is 1. The number of hydrogen-bond acceptors (Lipinski definition) is 1. The lowest BCUT2D eigenvalue weighted by Crippen LogP contribution is -2.45. The van der Waals surface area contributed by atoms with Crippen LogP contribution in [0.3, 0.4) is 0 Å². The largest absolute Gasteiger partial charge is 0.198 e. The molecule has 1 heteroatoms. The topological polar surface area (TPSA) is 23.8 Å². The Balaban J connectivity index is 5.70. The van der Waals surface area contributed by atoms with Crippen LogP contribution in [0.1, 0.15) is 142 Å². The van der Waals surface area contributed by atoms with Crippen LogP contribution in [0.25, 0.3) is 0 Å². The van der Waals surface area contributed by atoms with Crippen molar-refractivity contribution >= 4 is 0 Å². The second kappa shape index (κ2) is 11.3. The molecule has 0 aromatic carbocycles. The molecule has 0 radical (unpaired) electrons. The molecule has 0 bridgehead atoms. The summed E-state index contributed by atoms with van der Waals surface area (Å²) in [6, 6.07) is 2.68. The van der Waals surface area contributed by atoms with Crippen molar-refractivity contribution in [3.63, 3.8) is 0 Å². The van der Waals surface area contributed by atoms with E-state index < -0.39 is 0 Å². The lowest BCUT2D eigenvalue weighted by atomic mass is 9.52. The normalized spacial score (nSPS) is 16.7. The highest BCUT2D eigenvalue weighted by atomic mass is 14.5. The molecule has 1 nitrogen and oxygen atoms in total. The van der Waals surface area contributed by atoms with Gasteiger partial charge in [0.2, 0.25) is 0 Å². The van der Waals surface area contributed by atoms with E-state index in [2.05, 4.69) is 122 Å². The molecular weight excluding hydrogens is 398 g/mol. The van der Waals surface area contributed by atoms with Crippen molar-refractivity contribution in [2.45, 2.75) is 142 Å². The van der Waals surface area contributed by atoms with E-state index >= 15 is 0 Å². The predicted octanol–water partition coefficient (Wildman–Crippen LogP) is 10.9. The van der Waals surface area contributed by atoms with Gasteiger partial charge in [-0.05, 0) is 70.5 Å². The van der Waals surface area contributed by atoms with Crippen molar-refractivity contribution in [2.75, 3.05) is 0 Å². The lowest BCUT2D eigenvalue weighted by Gasteiger charge is -2.53. The van der Waals surface area contributed by atoms with Crippen molar-refractivity contribution in [2.24, 2.45) is 44.3 Å². The molecule has 2 atom stereocenters. The van der Waals surface area contributed by atoms with Gasteiger partial charge in [-0.25, -0.2) is 0 Å². The SMILES string of the molecule is CCC(CC(C)(C)C(C)(C)CC=CCC(C)(C)C)C(C)(C)C(C)(C)CC(C#N)C(C)(C)CC. The second-order valence-electron chi connectivity index (χ2n) is 15.4. The third-order valence-corrected chi connectivity index (χ3v) is 10.1. The van der Waals surface area contributed by atoms with Crippen molar-refractivity contribution in [3.8, 4) is 6.07 Å². The predicted molar refractivity (Wildman–Crippen MR) is 149 cm³/mol. The molecule has 0 aliphatic carbocycles. The Morgan fingerprint density at radius 2 is 1.15 bits per heavy atom. The van der Waals surface area contributed by atoms with Crippen LogP contribution in [0.15, 0.2) is 12.2 Å². The van der Waals surface area contributed by atoms with Gasteiger partial charge in [0.25, 0.3) is 0 Å². The maximum atomic E-state index is 10.0. The monoisotopic (exact) mass is 459 g/mol. The molecule has 0 saturated heterocycles. The molecule has 2 unspecified atom stereocenters. The van der Waals surface area contributed by atoms with E-state index in [0.29, 0.717) is 11.3 Å². The van der Waals surface area contributed by atoms with Gasteiger partial charge in [-0.2, -0.15) is 5.26 Å². The number of rotatable bonds is 13. The molecular formula is C32H61N. The highest BCUT2D eigenvalue weighted by Gasteiger charge is 2.48. The van der Waals surface area contributed by atoms with Crippen molar-refractivity contribution in [1.82, 2.24) is 0 Å². The van der Waals surface area contributed by atoms with E-state index in [1.54, 1.807) is 0 Å². The Labute approximate surface area is 210 Å². The summed E-state index contributed by atoms with van der Waals surface area (Å²) < 4.78 is 0. The Kier molecular flexibility index (Phi) is 11.0. The molecule has 0 saturated carbocycles. The summed E-state index contributed by atoms with van der Waals surface area (Å²) in [6.07, 6.45) is 11.5. The molecule has 0 rings (SSSR count). The standard InChI is InChI=1S/C32H61N/c1-16-25(22-30(10,11)29(8,9)21-19-18-20-27(3,4)5)32(14,15)31(12,13)23-26(24-33)28(6,7)17-2/h18-19,25-26H,16-17,20-23H2,1-15H3. The fraction of sp³-hybridized carbons (Fsp3) is 0.906. The zero-order valence-electron chi connectivity index (χ0n) is 25.5. The fourth-order valence-electron chi connectivity index (χ4n) is 4.96. The van der Waals surface area contributed by atoms with Gasteiger partial charge in [0, 0.05) is 0 Å². The van der Waals surface area contributed by atoms with Crippen LogP contribution in [-0.2, 0) is 0 Å². The molecule has 0 heterocycles. The van der Waals surface area contributed by atoms with E-state index in [-0.39, 0.29) is 33.0 Å². The Bertz CT molecular complexity index is 658. The minimum atomic E-state index is 0.0600. The molecule has 0 spiro atoms. The van der Waals surface area contributed by atoms with Gasteiger partial charge in [0.1, 0.15) is 0 Å².